The first-order chi connectivity index (χ1) is 15.6. The molecule has 0 bridgehead atoms. The normalized spacial score (nSPS) is 15.8. The molecule has 0 spiro atoms. The highest BCUT2D eigenvalue weighted by Crippen LogP contribution is 2.31. The molecule has 0 amide bonds. The Kier molecular flexibility index (Phi) is 5.54. The van der Waals surface area contributed by atoms with Crippen LogP contribution in [0.15, 0.2) is 30.5 Å². The van der Waals surface area contributed by atoms with Gasteiger partial charge in [0.15, 0.2) is 5.65 Å². The first-order valence-electron chi connectivity index (χ1n) is 10.8. The summed E-state index contributed by atoms with van der Waals surface area (Å²) in [5, 5.41) is 32.6. The van der Waals surface area contributed by atoms with Crippen LogP contribution in [0.25, 0.3) is 27.8 Å². The summed E-state index contributed by atoms with van der Waals surface area (Å²) < 4.78 is 16.7. The van der Waals surface area contributed by atoms with E-state index >= 15 is 4.39 Å². The zero-order chi connectivity index (χ0) is 22.2. The molecule has 1 aliphatic rings. The number of nitrogens with zero attached hydrogens (tertiary/aromatic N) is 6. The van der Waals surface area contributed by atoms with Crippen molar-refractivity contribution in [2.24, 2.45) is 0 Å². The quantitative estimate of drug-likeness (QED) is 0.496. The van der Waals surface area contributed by atoms with Crippen molar-refractivity contribution in [3.63, 3.8) is 0 Å². The molecule has 2 N–H and O–H groups in total. The lowest BCUT2D eigenvalue weighted by molar-refractivity contribution is 0.163. The maximum Gasteiger partial charge on any atom is 0.159 e. The fourth-order valence-corrected chi connectivity index (χ4v) is 4.47. The van der Waals surface area contributed by atoms with Crippen molar-refractivity contribution in [1.29, 1.82) is 0 Å². The van der Waals surface area contributed by atoms with Gasteiger partial charge in [-0.05, 0) is 57.1 Å². The fraction of sp³-hybridized carbons (Fsp3) is 0.391. The van der Waals surface area contributed by atoms with Crippen LogP contribution in [0.2, 0.25) is 0 Å². The van der Waals surface area contributed by atoms with Gasteiger partial charge in [-0.2, -0.15) is 15.3 Å². The van der Waals surface area contributed by atoms with E-state index in [1.54, 1.807) is 22.8 Å². The van der Waals surface area contributed by atoms with Crippen molar-refractivity contribution in [2.45, 2.75) is 32.3 Å². The molecule has 1 saturated heterocycles. The van der Waals surface area contributed by atoms with Crippen LogP contribution in [0, 0.1) is 12.7 Å². The number of piperidine rings is 1. The highest BCUT2D eigenvalue weighted by molar-refractivity contribution is 5.84. The molecule has 0 unspecified atom stereocenters. The fourth-order valence-electron chi connectivity index (χ4n) is 4.47. The van der Waals surface area contributed by atoms with Crippen LogP contribution in [-0.2, 0) is 6.61 Å². The van der Waals surface area contributed by atoms with E-state index < -0.39 is 0 Å². The lowest BCUT2D eigenvalue weighted by Crippen LogP contribution is -2.35. The van der Waals surface area contributed by atoms with E-state index in [9.17, 15) is 5.11 Å². The average Bonchev–Trinajstić information content (AvgIpc) is 3.19. The van der Waals surface area contributed by atoms with E-state index in [0.29, 0.717) is 39.9 Å². The number of imidazole rings is 1. The minimum absolute atomic E-state index is 0.163. The van der Waals surface area contributed by atoms with Crippen LogP contribution < -0.4 is 0 Å². The number of aromatic nitrogens is 5. The van der Waals surface area contributed by atoms with Gasteiger partial charge in [0.2, 0.25) is 0 Å². The minimum atomic E-state index is -0.374. The molecular weight excluding hydrogens is 411 g/mol. The highest BCUT2D eigenvalue weighted by Gasteiger charge is 2.22. The lowest BCUT2D eigenvalue weighted by atomic mass is 9.92. The maximum absolute atomic E-state index is 15.1. The minimum Gasteiger partial charge on any atom is -0.395 e. The van der Waals surface area contributed by atoms with Gasteiger partial charge in [-0.25, -0.2) is 13.9 Å². The Morgan fingerprint density at radius 2 is 1.91 bits per heavy atom. The number of likely N-dealkylation sites (tertiary alicyclic amines) is 1. The third kappa shape index (κ3) is 3.83. The van der Waals surface area contributed by atoms with Gasteiger partial charge in [0.05, 0.1) is 42.0 Å². The molecule has 1 fully saturated rings. The molecule has 3 aromatic heterocycles. The van der Waals surface area contributed by atoms with Gasteiger partial charge >= 0.3 is 0 Å². The third-order valence-electron chi connectivity index (χ3n) is 6.18. The number of halogens is 1. The Balaban J connectivity index is 1.48. The van der Waals surface area contributed by atoms with Crippen LogP contribution in [0.4, 0.5) is 4.39 Å². The van der Waals surface area contributed by atoms with Gasteiger partial charge in [-0.3, -0.25) is 0 Å². The molecule has 4 heterocycles. The summed E-state index contributed by atoms with van der Waals surface area (Å²) in [7, 11) is 0. The number of aliphatic hydroxyl groups excluding tert-OH is 2. The average molecular weight is 436 g/mol. The second kappa shape index (κ2) is 8.50. The Morgan fingerprint density at radius 3 is 2.66 bits per heavy atom. The number of β-amino-alcohol motifs (C(OH)–C–C–N with tert-alkyl or cyclic N) is 1. The molecule has 0 aliphatic carbocycles. The van der Waals surface area contributed by atoms with Crippen LogP contribution in [0.1, 0.15) is 35.7 Å². The molecule has 1 aliphatic heterocycles. The Morgan fingerprint density at radius 1 is 1.09 bits per heavy atom. The number of benzene rings is 1. The van der Waals surface area contributed by atoms with E-state index in [1.807, 2.05) is 13.0 Å². The second-order valence-corrected chi connectivity index (χ2v) is 8.36. The van der Waals surface area contributed by atoms with Crippen molar-refractivity contribution in [3.8, 4) is 11.3 Å². The second-order valence-electron chi connectivity index (χ2n) is 8.36. The van der Waals surface area contributed by atoms with Crippen molar-refractivity contribution in [2.75, 3.05) is 26.2 Å². The number of aryl methyl sites for hydroxylation is 1. The maximum atomic E-state index is 15.1. The Bertz CT molecular complexity index is 1280. The van der Waals surface area contributed by atoms with Gasteiger partial charge in [0.25, 0.3) is 0 Å². The summed E-state index contributed by atoms with van der Waals surface area (Å²) in [5.74, 6) is -0.137. The molecule has 0 atom stereocenters. The number of hydrogen-bond donors (Lipinski definition) is 2. The van der Waals surface area contributed by atoms with Gasteiger partial charge < -0.3 is 15.1 Å². The molecule has 1 aromatic carbocycles. The van der Waals surface area contributed by atoms with Crippen LogP contribution >= 0.6 is 0 Å². The Hall–Kier alpha value is -3.01. The predicted molar refractivity (Wildman–Crippen MR) is 118 cm³/mol. The molecule has 4 aromatic rings. The van der Waals surface area contributed by atoms with Crippen molar-refractivity contribution >= 4 is 16.6 Å². The van der Waals surface area contributed by atoms with Crippen LogP contribution in [0.5, 0.6) is 0 Å². The van der Waals surface area contributed by atoms with Gasteiger partial charge in [-0.1, -0.05) is 0 Å². The zero-order valence-corrected chi connectivity index (χ0v) is 17.9. The van der Waals surface area contributed by atoms with Crippen molar-refractivity contribution < 1.29 is 14.6 Å². The third-order valence-corrected chi connectivity index (χ3v) is 6.18. The van der Waals surface area contributed by atoms with E-state index in [1.165, 1.54) is 6.07 Å². The largest absolute Gasteiger partial charge is 0.395 e. The number of fused-ring (bicyclic) bond motifs is 2. The molecule has 0 saturated carbocycles. The predicted octanol–water partition coefficient (Wildman–Crippen LogP) is 2.45. The molecular formula is C23H25FN6O2. The summed E-state index contributed by atoms with van der Waals surface area (Å²) in [5.41, 5.74) is 4.37. The monoisotopic (exact) mass is 436 g/mol. The molecule has 9 heteroatoms. The van der Waals surface area contributed by atoms with Crippen molar-refractivity contribution in [3.05, 3.63) is 53.2 Å². The van der Waals surface area contributed by atoms with E-state index in [0.717, 1.165) is 37.3 Å². The molecule has 0 radical (unpaired) electrons. The smallest absolute Gasteiger partial charge is 0.159 e. The van der Waals surface area contributed by atoms with E-state index in [4.69, 9.17) is 5.11 Å². The standard InChI is InChI=1S/C23H25FN6O2/c1-14-12-30-23(25-14)17(13-32)10-21(28-30)16-8-19(24)18-11-20(26-27-22(18)9-16)15-2-4-29(5-3-15)6-7-31/h8-12,15,31-32H,2-7,13H2,1H3. The summed E-state index contributed by atoms with van der Waals surface area (Å²) in [4.78, 5) is 6.61. The van der Waals surface area contributed by atoms with E-state index in [-0.39, 0.29) is 24.9 Å². The van der Waals surface area contributed by atoms with Crippen LogP contribution in [0.3, 0.4) is 0 Å². The highest BCUT2D eigenvalue weighted by atomic mass is 19.1. The molecule has 166 valence electrons. The van der Waals surface area contributed by atoms with Gasteiger partial charge in [0.1, 0.15) is 5.82 Å². The zero-order valence-electron chi connectivity index (χ0n) is 17.9. The van der Waals surface area contributed by atoms with Gasteiger partial charge in [-0.15, -0.1) is 0 Å². The summed E-state index contributed by atoms with van der Waals surface area (Å²) in [6.45, 7) is 4.30. The topological polar surface area (TPSA) is 99.7 Å². The molecule has 32 heavy (non-hydrogen) atoms. The first kappa shape index (κ1) is 20.9. The summed E-state index contributed by atoms with van der Waals surface area (Å²) in [6, 6.07) is 6.77. The molecule has 5 rings (SSSR count). The van der Waals surface area contributed by atoms with Crippen molar-refractivity contribution in [1.82, 2.24) is 29.7 Å². The number of aliphatic hydroxyl groups is 2. The number of rotatable bonds is 5. The van der Waals surface area contributed by atoms with E-state index in [2.05, 4.69) is 25.2 Å². The summed E-state index contributed by atoms with van der Waals surface area (Å²) in [6.07, 6.45) is 3.60. The lowest BCUT2D eigenvalue weighted by Gasteiger charge is -2.30. The SMILES string of the molecule is Cc1cn2nc(-c3cc(F)c4cc(C5CCN(CCO)CC5)nnc4c3)cc(CO)c2n1. The Labute approximate surface area is 184 Å². The molecule has 8 nitrogen and oxygen atoms in total. The van der Waals surface area contributed by atoms with Crippen LogP contribution in [-0.4, -0.2) is 66.1 Å². The number of hydrogen-bond acceptors (Lipinski definition) is 7. The van der Waals surface area contributed by atoms with Gasteiger partial charge in [0, 0.05) is 29.0 Å². The first-order valence-corrected chi connectivity index (χ1v) is 10.8. The summed E-state index contributed by atoms with van der Waals surface area (Å²) >= 11 is 0.